The zero-order valence-electron chi connectivity index (χ0n) is 14.6. The largest absolute Gasteiger partial charge is 0.378 e. The second kappa shape index (κ2) is 9.35. The van der Waals surface area contributed by atoms with Gasteiger partial charge in [-0.15, -0.1) is 11.3 Å². The lowest BCUT2D eigenvalue weighted by molar-refractivity contribution is -0.132. The van der Waals surface area contributed by atoms with Crippen molar-refractivity contribution in [1.82, 2.24) is 14.8 Å². The van der Waals surface area contributed by atoms with Crippen LogP contribution in [0.5, 0.6) is 0 Å². The minimum Gasteiger partial charge on any atom is -0.378 e. The Kier molecular flexibility index (Phi) is 7.46. The monoisotopic (exact) mass is 339 g/mol. The maximum atomic E-state index is 12.3. The van der Waals surface area contributed by atoms with Crippen LogP contribution in [0, 0.1) is 0 Å². The summed E-state index contributed by atoms with van der Waals surface area (Å²) in [6, 6.07) is 0. The van der Waals surface area contributed by atoms with Gasteiger partial charge in [-0.05, 0) is 26.7 Å². The Morgan fingerprint density at radius 2 is 2.17 bits per heavy atom. The number of rotatable bonds is 7. The number of amides is 1. The molecule has 0 atom stereocenters. The Morgan fingerprint density at radius 3 is 2.87 bits per heavy atom. The van der Waals surface area contributed by atoms with Crippen molar-refractivity contribution in [1.29, 1.82) is 0 Å². The van der Waals surface area contributed by atoms with Crippen LogP contribution >= 0.6 is 11.3 Å². The molecule has 1 aromatic rings. The average molecular weight is 340 g/mol. The van der Waals surface area contributed by atoms with E-state index in [4.69, 9.17) is 4.74 Å². The molecule has 0 saturated carbocycles. The Bertz CT molecular complexity index is 490. The van der Waals surface area contributed by atoms with Crippen LogP contribution in [0.3, 0.4) is 0 Å². The zero-order valence-corrected chi connectivity index (χ0v) is 15.4. The number of hydrogen-bond donors (Lipinski definition) is 0. The van der Waals surface area contributed by atoms with Gasteiger partial charge in [0.15, 0.2) is 0 Å². The normalized spacial score (nSPS) is 16.8. The molecule has 6 heteroatoms. The molecule has 5 nitrogen and oxygen atoms in total. The van der Waals surface area contributed by atoms with Crippen LogP contribution in [-0.4, -0.2) is 59.6 Å². The summed E-state index contributed by atoms with van der Waals surface area (Å²) in [5, 5.41) is 3.37. The van der Waals surface area contributed by atoms with E-state index in [-0.39, 0.29) is 12.0 Å². The number of hydrogen-bond acceptors (Lipinski definition) is 5. The number of aromatic nitrogens is 1. The van der Waals surface area contributed by atoms with Crippen LogP contribution in [0.4, 0.5) is 0 Å². The molecule has 1 amide bonds. The van der Waals surface area contributed by atoms with Crippen molar-refractivity contribution in [2.75, 3.05) is 32.8 Å². The molecule has 0 aromatic carbocycles. The van der Waals surface area contributed by atoms with Gasteiger partial charge < -0.3 is 9.64 Å². The lowest BCUT2D eigenvalue weighted by Crippen LogP contribution is -2.35. The number of aryl methyl sites for hydroxylation is 1. The first-order chi connectivity index (χ1) is 11.1. The highest BCUT2D eigenvalue weighted by molar-refractivity contribution is 7.09. The molecule has 0 radical (unpaired) electrons. The van der Waals surface area contributed by atoms with E-state index < -0.39 is 0 Å². The Labute approximate surface area is 143 Å². The molecule has 23 heavy (non-hydrogen) atoms. The summed E-state index contributed by atoms with van der Waals surface area (Å²) in [7, 11) is 0. The predicted octanol–water partition coefficient (Wildman–Crippen LogP) is 2.55. The van der Waals surface area contributed by atoms with Gasteiger partial charge in [-0.25, -0.2) is 4.98 Å². The number of carbonyl (C=O) groups is 1. The Morgan fingerprint density at radius 1 is 1.35 bits per heavy atom. The SMILES string of the molecule is CCc1nc(CN2CCCN(C(=O)CCOC(C)C)CC2)cs1. The summed E-state index contributed by atoms with van der Waals surface area (Å²) in [4.78, 5) is 21.3. The van der Waals surface area contributed by atoms with E-state index in [2.05, 4.69) is 22.2 Å². The van der Waals surface area contributed by atoms with Crippen molar-refractivity contribution in [3.63, 3.8) is 0 Å². The molecule has 0 spiro atoms. The number of nitrogens with zero attached hydrogens (tertiary/aromatic N) is 3. The average Bonchev–Trinajstić information content (AvgIpc) is 2.84. The second-order valence-electron chi connectivity index (χ2n) is 6.27. The zero-order chi connectivity index (χ0) is 16.7. The van der Waals surface area contributed by atoms with E-state index >= 15 is 0 Å². The first-order valence-electron chi connectivity index (χ1n) is 8.63. The minimum atomic E-state index is 0.188. The molecule has 1 saturated heterocycles. The van der Waals surface area contributed by atoms with Crippen molar-refractivity contribution >= 4 is 17.2 Å². The highest BCUT2D eigenvalue weighted by atomic mass is 32.1. The van der Waals surface area contributed by atoms with Gasteiger partial charge in [0.05, 0.1) is 29.8 Å². The maximum Gasteiger partial charge on any atom is 0.224 e. The fraction of sp³-hybridized carbons (Fsp3) is 0.765. The highest BCUT2D eigenvalue weighted by Gasteiger charge is 2.19. The van der Waals surface area contributed by atoms with Crippen LogP contribution in [0.1, 0.15) is 44.3 Å². The number of ether oxygens (including phenoxy) is 1. The second-order valence-corrected chi connectivity index (χ2v) is 7.21. The Balaban J connectivity index is 1.76. The molecule has 0 bridgehead atoms. The molecule has 0 aliphatic carbocycles. The third kappa shape index (κ3) is 6.20. The van der Waals surface area contributed by atoms with Crippen molar-refractivity contribution in [3.05, 3.63) is 16.1 Å². The molecule has 0 N–H and O–H groups in total. The smallest absolute Gasteiger partial charge is 0.224 e. The lowest BCUT2D eigenvalue weighted by Gasteiger charge is -2.21. The maximum absolute atomic E-state index is 12.3. The molecule has 1 fully saturated rings. The van der Waals surface area contributed by atoms with Crippen molar-refractivity contribution in [2.45, 2.75) is 52.7 Å². The van der Waals surface area contributed by atoms with Crippen LogP contribution in [0.25, 0.3) is 0 Å². The summed E-state index contributed by atoms with van der Waals surface area (Å²) >= 11 is 1.74. The van der Waals surface area contributed by atoms with E-state index in [1.54, 1.807) is 11.3 Å². The van der Waals surface area contributed by atoms with E-state index in [0.29, 0.717) is 13.0 Å². The molecule has 1 aromatic heterocycles. The van der Waals surface area contributed by atoms with Crippen LogP contribution in [0.15, 0.2) is 5.38 Å². The van der Waals surface area contributed by atoms with Crippen LogP contribution < -0.4 is 0 Å². The van der Waals surface area contributed by atoms with Gasteiger partial charge in [0, 0.05) is 38.1 Å². The summed E-state index contributed by atoms with van der Waals surface area (Å²) in [5.74, 6) is 0.217. The van der Waals surface area contributed by atoms with Crippen molar-refractivity contribution < 1.29 is 9.53 Å². The minimum absolute atomic E-state index is 0.188. The van der Waals surface area contributed by atoms with Gasteiger partial charge in [0.25, 0.3) is 0 Å². The first-order valence-corrected chi connectivity index (χ1v) is 9.51. The van der Waals surface area contributed by atoms with Gasteiger partial charge in [-0.2, -0.15) is 0 Å². The molecule has 2 heterocycles. The third-order valence-electron chi connectivity index (χ3n) is 4.00. The molecular weight excluding hydrogens is 310 g/mol. The first kappa shape index (κ1) is 18.4. The summed E-state index contributed by atoms with van der Waals surface area (Å²) < 4.78 is 5.48. The van der Waals surface area contributed by atoms with Crippen LogP contribution in [0.2, 0.25) is 0 Å². The standard InChI is InChI=1S/C17H29N3O2S/c1-4-16-18-15(13-23-16)12-19-7-5-8-20(10-9-19)17(21)6-11-22-14(2)3/h13-14H,4-12H2,1-3H3. The van der Waals surface area contributed by atoms with Gasteiger partial charge in [0.2, 0.25) is 5.91 Å². The summed E-state index contributed by atoms with van der Waals surface area (Å²) in [6.45, 7) is 11.2. The fourth-order valence-corrected chi connectivity index (χ4v) is 3.47. The van der Waals surface area contributed by atoms with Gasteiger partial charge in [0.1, 0.15) is 0 Å². The summed E-state index contributed by atoms with van der Waals surface area (Å²) in [5.41, 5.74) is 1.16. The number of thiazole rings is 1. The van der Waals surface area contributed by atoms with E-state index in [1.807, 2.05) is 18.7 Å². The summed E-state index contributed by atoms with van der Waals surface area (Å²) in [6.07, 6.45) is 2.71. The predicted molar refractivity (Wildman–Crippen MR) is 93.7 cm³/mol. The van der Waals surface area contributed by atoms with E-state index in [0.717, 1.165) is 51.3 Å². The molecule has 1 aliphatic heterocycles. The third-order valence-corrected chi connectivity index (χ3v) is 5.04. The quantitative estimate of drug-likeness (QED) is 0.766. The molecular formula is C17H29N3O2S. The van der Waals surface area contributed by atoms with Gasteiger partial charge in [-0.3, -0.25) is 9.69 Å². The molecule has 1 aliphatic rings. The number of carbonyl (C=O) groups excluding carboxylic acids is 1. The van der Waals surface area contributed by atoms with Crippen molar-refractivity contribution in [3.8, 4) is 0 Å². The highest BCUT2D eigenvalue weighted by Crippen LogP contribution is 2.14. The molecule has 2 rings (SSSR count). The topological polar surface area (TPSA) is 45.7 Å². The van der Waals surface area contributed by atoms with Gasteiger partial charge in [-0.1, -0.05) is 6.92 Å². The van der Waals surface area contributed by atoms with E-state index in [9.17, 15) is 4.79 Å². The Hall–Kier alpha value is -0.980. The lowest BCUT2D eigenvalue weighted by atomic mass is 10.3. The van der Waals surface area contributed by atoms with Crippen LogP contribution in [-0.2, 0) is 22.5 Å². The van der Waals surface area contributed by atoms with E-state index in [1.165, 1.54) is 5.01 Å². The molecule has 130 valence electrons. The van der Waals surface area contributed by atoms with Gasteiger partial charge >= 0.3 is 0 Å². The molecule has 0 unspecified atom stereocenters. The van der Waals surface area contributed by atoms with Crippen molar-refractivity contribution in [2.24, 2.45) is 0 Å². The fourth-order valence-electron chi connectivity index (χ4n) is 2.73.